The Morgan fingerprint density at radius 2 is 1.71 bits per heavy atom. The summed E-state index contributed by atoms with van der Waals surface area (Å²) in [4.78, 5) is 68.4. The van der Waals surface area contributed by atoms with Crippen molar-refractivity contribution in [3.8, 4) is 11.3 Å². The first-order valence-corrected chi connectivity index (χ1v) is 20.9. The van der Waals surface area contributed by atoms with Crippen LogP contribution < -0.4 is 0 Å². The van der Waals surface area contributed by atoms with Crippen molar-refractivity contribution in [3.63, 3.8) is 0 Å². The third-order valence-electron chi connectivity index (χ3n) is 12.4. The van der Waals surface area contributed by atoms with Crippen LogP contribution in [0.25, 0.3) is 11.3 Å². The molecule has 3 fully saturated rings. The van der Waals surface area contributed by atoms with Crippen LogP contribution in [0.1, 0.15) is 80.6 Å². The third-order valence-corrected chi connectivity index (χ3v) is 12.6. The lowest BCUT2D eigenvalue weighted by Gasteiger charge is -2.47. The van der Waals surface area contributed by atoms with Crippen LogP contribution in [0.2, 0.25) is 5.15 Å². The van der Waals surface area contributed by atoms with Crippen LogP contribution in [-0.2, 0) is 44.6 Å². The number of esters is 1. The molecular weight excluding hydrogens is 770 g/mol. The maximum atomic E-state index is 14.6. The molecule has 0 aromatic carbocycles. The lowest BCUT2D eigenvalue weighted by Crippen LogP contribution is -2.59. The van der Waals surface area contributed by atoms with E-state index in [1.807, 2.05) is 49.7 Å². The molecule has 16 heteroatoms. The first-order valence-electron chi connectivity index (χ1n) is 20.5. The van der Waals surface area contributed by atoms with Crippen LogP contribution in [-0.4, -0.2) is 135 Å². The van der Waals surface area contributed by atoms with Gasteiger partial charge in [0.1, 0.15) is 29.1 Å². The normalized spacial score (nSPS) is 35.4. The van der Waals surface area contributed by atoms with Crippen LogP contribution >= 0.6 is 11.6 Å². The SMILES string of the molecule is CC[C@H]1OC(=O)[C@H](C)C(=O)[C@H](C)[C@@H](OC2O[C@H](C)C[C@H](N(C)C)[C@H]2O)[C@@](C)(OC)C[C@@H](C)C(=O)[C@H](C)[C@@H]2[C@@H]1OC(=O)N2CCCCn1cnc(-c2ccc(Cl)nc2)c1. The molecule has 2 aromatic heterocycles. The van der Waals surface area contributed by atoms with Crippen molar-refractivity contribution in [2.75, 3.05) is 27.7 Å². The van der Waals surface area contributed by atoms with Crippen LogP contribution in [0.15, 0.2) is 30.9 Å². The summed E-state index contributed by atoms with van der Waals surface area (Å²) in [5, 5.41) is 11.8. The van der Waals surface area contributed by atoms with Gasteiger partial charge in [-0.3, -0.25) is 14.4 Å². The molecule has 0 aliphatic carbocycles. The maximum Gasteiger partial charge on any atom is 0.410 e. The number of fused-ring (bicyclic) bond motifs is 1. The van der Waals surface area contributed by atoms with Gasteiger partial charge in [0, 0.05) is 62.0 Å². The molecule has 13 atom stereocenters. The number of likely N-dealkylation sites (N-methyl/N-ethyl adjacent to an activating group) is 1. The van der Waals surface area contributed by atoms with E-state index in [1.54, 1.807) is 51.2 Å². The summed E-state index contributed by atoms with van der Waals surface area (Å²) in [7, 11) is 5.23. The van der Waals surface area contributed by atoms with Gasteiger partial charge in [-0.05, 0) is 79.1 Å². The number of ketones is 2. The predicted octanol–water partition coefficient (Wildman–Crippen LogP) is 5.19. The van der Waals surface area contributed by atoms with Crippen molar-refractivity contribution < 1.29 is 48.0 Å². The van der Waals surface area contributed by atoms with E-state index in [-0.39, 0.29) is 30.8 Å². The van der Waals surface area contributed by atoms with Gasteiger partial charge >= 0.3 is 12.1 Å². The van der Waals surface area contributed by atoms with E-state index in [1.165, 1.54) is 14.0 Å². The highest BCUT2D eigenvalue weighted by Crippen LogP contribution is 2.39. The number of aryl methyl sites for hydroxylation is 1. The Bertz CT molecular complexity index is 1740. The standard InChI is InChI=1S/C42H62ClN5O10/c1-11-31-37-33(48(41(53)57-37)17-13-12-16-47-21-29(45-22-47)28-14-15-32(43)44-20-28)25(4)34(49)23(2)19-42(7,54-10)38(26(5)35(50)27(6)39(52)56-31)58-40-36(51)30(46(8)9)18-24(3)55-40/h14-15,20-27,30-31,33,36-38,40,51H,11-13,16-19H2,1-10H3/t23-,24-,25-,26+,27-,30+,31-,33-,36-,37-,38-,40?,42+/m1/s1. The molecule has 0 bridgehead atoms. The molecule has 3 aliphatic heterocycles. The number of nitrogens with zero attached hydrogens (tertiary/aromatic N) is 5. The Kier molecular flexibility index (Phi) is 15.2. The Morgan fingerprint density at radius 1 is 1.00 bits per heavy atom. The summed E-state index contributed by atoms with van der Waals surface area (Å²) >= 11 is 5.94. The largest absolute Gasteiger partial charge is 0.458 e. The number of Topliss-reactive ketones (excluding diaryl/α,β-unsaturated/α-hetero) is 2. The number of hydrogen-bond acceptors (Lipinski definition) is 13. The second-order valence-corrected chi connectivity index (χ2v) is 17.2. The predicted molar refractivity (Wildman–Crippen MR) is 215 cm³/mol. The Balaban J connectivity index is 1.40. The average molecular weight is 832 g/mol. The number of carbonyl (C=O) groups excluding carboxylic acids is 4. The summed E-state index contributed by atoms with van der Waals surface area (Å²) < 4.78 is 32.8. The highest BCUT2D eigenvalue weighted by molar-refractivity contribution is 6.29. The van der Waals surface area contributed by atoms with Crippen molar-refractivity contribution in [3.05, 3.63) is 36.0 Å². The van der Waals surface area contributed by atoms with E-state index >= 15 is 0 Å². The second-order valence-electron chi connectivity index (χ2n) is 16.8. The number of halogens is 1. The van der Waals surface area contributed by atoms with E-state index in [4.69, 9.17) is 35.3 Å². The summed E-state index contributed by atoms with van der Waals surface area (Å²) in [6.07, 6.45) is 1.67. The first kappa shape index (κ1) is 45.6. The number of cyclic esters (lactones) is 1. The van der Waals surface area contributed by atoms with Crippen molar-refractivity contribution in [2.45, 2.75) is 142 Å². The number of amides is 1. The summed E-state index contributed by atoms with van der Waals surface area (Å²) in [6.45, 7) is 13.1. The molecule has 2 aromatic rings. The number of aromatic nitrogens is 3. The third kappa shape index (κ3) is 9.93. The van der Waals surface area contributed by atoms with Gasteiger partial charge in [0.15, 0.2) is 18.2 Å². The molecule has 15 nitrogen and oxygen atoms in total. The molecule has 3 aliphatic rings. The number of hydrogen-bond donors (Lipinski definition) is 1. The molecular formula is C42H62ClN5O10. The minimum absolute atomic E-state index is 0.131. The lowest BCUT2D eigenvalue weighted by molar-refractivity contribution is -0.295. The number of aliphatic hydroxyl groups is 1. The zero-order valence-corrected chi connectivity index (χ0v) is 36.3. The Hall–Kier alpha value is -3.47. The van der Waals surface area contributed by atoms with E-state index < -0.39 is 83.9 Å². The molecule has 1 N–H and O–H groups in total. The van der Waals surface area contributed by atoms with Crippen molar-refractivity contribution in [1.29, 1.82) is 0 Å². The molecule has 0 saturated carbocycles. The average Bonchev–Trinajstić information content (AvgIpc) is 3.80. The molecule has 5 heterocycles. The minimum atomic E-state index is -1.26. The number of methoxy groups -OCH3 is 1. The fourth-order valence-electron chi connectivity index (χ4n) is 8.90. The Morgan fingerprint density at radius 3 is 2.34 bits per heavy atom. The maximum absolute atomic E-state index is 14.6. The summed E-state index contributed by atoms with van der Waals surface area (Å²) in [5.41, 5.74) is 0.338. The second kappa shape index (κ2) is 19.3. The van der Waals surface area contributed by atoms with Crippen LogP contribution in [0.5, 0.6) is 0 Å². The molecule has 1 amide bonds. The zero-order chi connectivity index (χ0) is 42.6. The summed E-state index contributed by atoms with van der Waals surface area (Å²) in [5.74, 6) is -4.91. The fourth-order valence-corrected chi connectivity index (χ4v) is 9.02. The van der Waals surface area contributed by atoms with E-state index in [2.05, 4.69) is 9.97 Å². The first-order chi connectivity index (χ1) is 27.4. The van der Waals surface area contributed by atoms with Gasteiger partial charge in [-0.15, -0.1) is 0 Å². The number of pyridine rings is 1. The molecule has 1 unspecified atom stereocenters. The molecule has 58 heavy (non-hydrogen) atoms. The molecule has 5 rings (SSSR count). The van der Waals surface area contributed by atoms with E-state index in [9.17, 15) is 24.3 Å². The monoisotopic (exact) mass is 831 g/mol. The zero-order valence-electron chi connectivity index (χ0n) is 35.5. The highest BCUT2D eigenvalue weighted by Gasteiger charge is 2.54. The topological polar surface area (TPSA) is 172 Å². The van der Waals surface area contributed by atoms with Gasteiger partial charge in [-0.1, -0.05) is 39.3 Å². The smallest absolute Gasteiger partial charge is 0.410 e. The summed E-state index contributed by atoms with van der Waals surface area (Å²) in [6, 6.07) is 2.54. The van der Waals surface area contributed by atoms with Crippen molar-refractivity contribution in [1.82, 2.24) is 24.3 Å². The van der Waals surface area contributed by atoms with Gasteiger partial charge in [0.25, 0.3) is 0 Å². The Labute approximate surface area is 347 Å². The minimum Gasteiger partial charge on any atom is -0.458 e. The number of aliphatic hydroxyl groups excluding tert-OH is 1. The number of ether oxygens (including phenoxy) is 5. The number of imidazole rings is 1. The van der Waals surface area contributed by atoms with Crippen LogP contribution in [0.3, 0.4) is 0 Å². The van der Waals surface area contributed by atoms with Gasteiger partial charge < -0.3 is 43.2 Å². The molecule has 3 saturated heterocycles. The number of rotatable bonds is 11. The molecule has 0 radical (unpaired) electrons. The lowest BCUT2D eigenvalue weighted by atomic mass is 9.75. The van der Waals surface area contributed by atoms with Crippen molar-refractivity contribution in [2.24, 2.45) is 23.7 Å². The van der Waals surface area contributed by atoms with Gasteiger partial charge in [0.05, 0.1) is 35.9 Å². The van der Waals surface area contributed by atoms with E-state index in [0.29, 0.717) is 37.5 Å². The quantitative estimate of drug-likeness (QED) is 0.136. The van der Waals surface area contributed by atoms with E-state index in [0.717, 1.165) is 11.3 Å². The van der Waals surface area contributed by atoms with Gasteiger partial charge in [-0.25, -0.2) is 14.8 Å². The van der Waals surface area contributed by atoms with Crippen LogP contribution in [0, 0.1) is 23.7 Å². The number of unbranched alkanes of at least 4 members (excludes halogenated alkanes) is 1. The molecule has 0 spiro atoms. The van der Waals surface area contributed by atoms with Gasteiger partial charge in [-0.2, -0.15) is 0 Å². The van der Waals surface area contributed by atoms with Crippen LogP contribution in [0.4, 0.5) is 4.79 Å². The fraction of sp³-hybridized carbons (Fsp3) is 0.714. The van der Waals surface area contributed by atoms with Crippen molar-refractivity contribution >= 4 is 35.2 Å². The number of carbonyl (C=O) groups is 4. The van der Waals surface area contributed by atoms with Gasteiger partial charge in [0.2, 0.25) is 0 Å². The highest BCUT2D eigenvalue weighted by atomic mass is 35.5. The molecule has 322 valence electrons.